The van der Waals surface area contributed by atoms with Gasteiger partial charge in [-0.25, -0.2) is 4.79 Å². The molecule has 0 aliphatic carbocycles. The van der Waals surface area contributed by atoms with Crippen LogP contribution in [-0.4, -0.2) is 11.1 Å². The normalized spacial score (nSPS) is 4.54. The van der Waals surface area contributed by atoms with Crippen LogP contribution in [0.15, 0.2) is 0 Å². The fraction of sp³-hybridized carbons (Fsp3) is 0. The zero-order valence-corrected chi connectivity index (χ0v) is 6.43. The van der Waals surface area contributed by atoms with Crippen LogP contribution in [0, 0.1) is 59.7 Å². The standard InChI is InChI=1S/C11H2O2/c1-2-3-4-5-6-7-8-9-10-11(12)13/h1H,(H,12,13). The van der Waals surface area contributed by atoms with Gasteiger partial charge in [0.05, 0.1) is 0 Å². The summed E-state index contributed by atoms with van der Waals surface area (Å²) in [7, 11) is 0. The highest BCUT2D eigenvalue weighted by atomic mass is 16.4. The molecule has 0 aromatic rings. The number of carboxylic acid groups (broad SMARTS) is 1. The lowest BCUT2D eigenvalue weighted by molar-refractivity contribution is -0.130. The minimum atomic E-state index is -1.23. The van der Waals surface area contributed by atoms with Crippen LogP contribution in [0.5, 0.6) is 0 Å². The minimum Gasteiger partial charge on any atom is -0.472 e. The summed E-state index contributed by atoms with van der Waals surface area (Å²) in [5.41, 5.74) is 0. The molecule has 0 rings (SSSR count). The van der Waals surface area contributed by atoms with E-state index in [0.29, 0.717) is 0 Å². The Morgan fingerprint density at radius 2 is 1.38 bits per heavy atom. The third-order valence-corrected chi connectivity index (χ3v) is 0.617. The van der Waals surface area contributed by atoms with Gasteiger partial charge in [-0.2, -0.15) is 0 Å². The van der Waals surface area contributed by atoms with Crippen molar-refractivity contribution < 1.29 is 9.90 Å². The van der Waals surface area contributed by atoms with Crippen molar-refractivity contribution in [2.24, 2.45) is 0 Å². The van der Waals surface area contributed by atoms with E-state index in [4.69, 9.17) is 11.5 Å². The Labute approximate surface area is 76.3 Å². The van der Waals surface area contributed by atoms with Gasteiger partial charge < -0.3 is 5.11 Å². The molecule has 0 amide bonds. The molecule has 2 nitrogen and oxygen atoms in total. The van der Waals surface area contributed by atoms with E-state index in [-0.39, 0.29) is 0 Å². The lowest BCUT2D eigenvalue weighted by Gasteiger charge is -1.63. The third kappa shape index (κ3) is 9.27. The fourth-order valence-electron chi connectivity index (χ4n) is 0.277. The predicted molar refractivity (Wildman–Crippen MR) is 47.6 cm³/mol. The van der Waals surface area contributed by atoms with Crippen molar-refractivity contribution in [3.8, 4) is 59.7 Å². The Bertz CT molecular complexity index is 474. The van der Waals surface area contributed by atoms with E-state index in [2.05, 4.69) is 47.4 Å². The lowest BCUT2D eigenvalue weighted by atomic mass is 10.5. The molecule has 58 valence electrons. The second kappa shape index (κ2) is 7.38. The molecule has 0 aliphatic rings. The molecule has 0 fully saturated rings. The van der Waals surface area contributed by atoms with Crippen molar-refractivity contribution in [3.63, 3.8) is 0 Å². The molecule has 13 heavy (non-hydrogen) atoms. The maximum absolute atomic E-state index is 9.85. The van der Waals surface area contributed by atoms with Crippen LogP contribution in [0.2, 0.25) is 0 Å². The van der Waals surface area contributed by atoms with E-state index >= 15 is 0 Å². The smallest absolute Gasteiger partial charge is 0.382 e. The quantitative estimate of drug-likeness (QED) is 0.502. The Hall–Kier alpha value is -2.73. The van der Waals surface area contributed by atoms with Gasteiger partial charge in [-0.05, 0) is 47.4 Å². The minimum absolute atomic E-state index is 1.23. The van der Waals surface area contributed by atoms with E-state index in [1.165, 1.54) is 0 Å². The summed E-state index contributed by atoms with van der Waals surface area (Å²) in [4.78, 5) is 9.85. The lowest BCUT2D eigenvalue weighted by Crippen LogP contribution is -1.85. The molecule has 0 radical (unpaired) electrons. The first kappa shape index (κ1) is 10.3. The van der Waals surface area contributed by atoms with Crippen molar-refractivity contribution in [2.75, 3.05) is 0 Å². The van der Waals surface area contributed by atoms with Gasteiger partial charge in [-0.15, -0.1) is 6.42 Å². The molecule has 0 spiro atoms. The molecule has 0 aromatic heterocycles. The second-order valence-electron chi connectivity index (χ2n) is 1.45. The van der Waals surface area contributed by atoms with Gasteiger partial charge >= 0.3 is 5.97 Å². The first-order valence-electron chi connectivity index (χ1n) is 2.97. The Balaban J connectivity index is 4.17. The molecular weight excluding hydrogens is 164 g/mol. The average molecular weight is 166 g/mol. The van der Waals surface area contributed by atoms with Crippen LogP contribution >= 0.6 is 0 Å². The van der Waals surface area contributed by atoms with Crippen molar-refractivity contribution in [1.29, 1.82) is 0 Å². The molecule has 1 N–H and O–H groups in total. The van der Waals surface area contributed by atoms with Gasteiger partial charge in [0.25, 0.3) is 0 Å². The highest BCUT2D eigenvalue weighted by molar-refractivity contribution is 5.87. The SMILES string of the molecule is C#CC#CC#CC#CC#CC(=O)O. The number of carbonyl (C=O) groups is 1. The number of terminal acetylenes is 1. The van der Waals surface area contributed by atoms with Gasteiger partial charge in [-0.1, -0.05) is 0 Å². The molecule has 0 heterocycles. The Kier molecular flexibility index (Phi) is 5.83. The van der Waals surface area contributed by atoms with E-state index in [0.717, 1.165) is 0 Å². The summed E-state index contributed by atoms with van der Waals surface area (Å²) in [5, 5.41) is 8.06. The van der Waals surface area contributed by atoms with Gasteiger partial charge in [0.15, 0.2) is 0 Å². The van der Waals surface area contributed by atoms with Crippen LogP contribution in [0.25, 0.3) is 0 Å². The van der Waals surface area contributed by atoms with Crippen LogP contribution in [-0.2, 0) is 4.79 Å². The highest BCUT2D eigenvalue weighted by Gasteiger charge is 1.78. The van der Waals surface area contributed by atoms with Gasteiger partial charge in [0, 0.05) is 5.92 Å². The summed E-state index contributed by atoms with van der Waals surface area (Å²) in [6.45, 7) is 0. The number of carboxylic acids is 1. The fourth-order valence-corrected chi connectivity index (χ4v) is 0.277. The zero-order valence-electron chi connectivity index (χ0n) is 6.43. The molecule has 0 atom stereocenters. The summed E-state index contributed by atoms with van der Waals surface area (Å²) >= 11 is 0. The summed E-state index contributed by atoms with van der Waals surface area (Å²) in [6.07, 6.45) is 4.81. The molecule has 0 saturated heterocycles. The number of aliphatic carboxylic acids is 1. The van der Waals surface area contributed by atoms with E-state index < -0.39 is 5.97 Å². The number of rotatable bonds is 0. The van der Waals surface area contributed by atoms with E-state index in [1.54, 1.807) is 5.92 Å². The van der Waals surface area contributed by atoms with Crippen molar-refractivity contribution in [3.05, 3.63) is 0 Å². The van der Waals surface area contributed by atoms with E-state index in [9.17, 15) is 4.79 Å². The molecule has 0 aromatic carbocycles. The predicted octanol–water partition coefficient (Wildman–Crippen LogP) is -0.282. The molecule has 0 aliphatic heterocycles. The van der Waals surface area contributed by atoms with Gasteiger partial charge in [0.1, 0.15) is 0 Å². The molecule has 0 saturated carbocycles. The summed E-state index contributed by atoms with van der Waals surface area (Å²) in [6, 6.07) is 0. The first-order valence-corrected chi connectivity index (χ1v) is 2.97. The summed E-state index contributed by atoms with van der Waals surface area (Å²) in [5.74, 6) is 18.4. The van der Waals surface area contributed by atoms with Crippen molar-refractivity contribution in [2.45, 2.75) is 0 Å². The Morgan fingerprint density at radius 3 is 1.85 bits per heavy atom. The Morgan fingerprint density at radius 1 is 0.923 bits per heavy atom. The number of hydrogen-bond acceptors (Lipinski definition) is 1. The molecule has 2 heteroatoms. The van der Waals surface area contributed by atoms with Crippen LogP contribution in [0.1, 0.15) is 0 Å². The third-order valence-electron chi connectivity index (χ3n) is 0.617. The molecule has 0 unspecified atom stereocenters. The largest absolute Gasteiger partial charge is 0.472 e. The highest BCUT2D eigenvalue weighted by Crippen LogP contribution is 1.57. The molecular formula is C11H2O2. The van der Waals surface area contributed by atoms with Crippen LogP contribution in [0.3, 0.4) is 0 Å². The first-order chi connectivity index (χ1) is 6.27. The maximum Gasteiger partial charge on any atom is 0.382 e. The topological polar surface area (TPSA) is 37.3 Å². The monoisotopic (exact) mass is 166 g/mol. The van der Waals surface area contributed by atoms with Gasteiger partial charge in [0.2, 0.25) is 0 Å². The second-order valence-corrected chi connectivity index (χ2v) is 1.45. The van der Waals surface area contributed by atoms with Crippen molar-refractivity contribution >= 4 is 5.97 Å². The van der Waals surface area contributed by atoms with Gasteiger partial charge in [-0.3, -0.25) is 0 Å². The van der Waals surface area contributed by atoms with Crippen LogP contribution in [0.4, 0.5) is 0 Å². The zero-order chi connectivity index (χ0) is 9.94. The molecule has 0 bridgehead atoms. The van der Waals surface area contributed by atoms with Crippen molar-refractivity contribution in [1.82, 2.24) is 0 Å². The summed E-state index contributed by atoms with van der Waals surface area (Å²) < 4.78 is 0. The maximum atomic E-state index is 9.85. The number of hydrogen-bond donors (Lipinski definition) is 1. The van der Waals surface area contributed by atoms with Crippen LogP contribution < -0.4 is 0 Å². The van der Waals surface area contributed by atoms with E-state index in [1.807, 2.05) is 0 Å². The average Bonchev–Trinajstić information content (AvgIpc) is 2.09.